The van der Waals surface area contributed by atoms with Gasteiger partial charge in [-0.2, -0.15) is 0 Å². The number of piperidine rings is 2. The summed E-state index contributed by atoms with van der Waals surface area (Å²) in [5.74, 6) is 0. The van der Waals surface area contributed by atoms with E-state index in [0.29, 0.717) is 5.41 Å². The molecule has 2 N–H and O–H groups in total. The summed E-state index contributed by atoms with van der Waals surface area (Å²) in [4.78, 5) is 2.57. The molecule has 0 aromatic heterocycles. The van der Waals surface area contributed by atoms with E-state index in [4.69, 9.17) is 0 Å². The van der Waals surface area contributed by atoms with Gasteiger partial charge in [0.05, 0.1) is 0 Å². The lowest BCUT2D eigenvalue weighted by molar-refractivity contribution is 0.111. The molecule has 1 aromatic carbocycles. The molecule has 0 amide bonds. The molecular formula is C22H35N3. The fourth-order valence-corrected chi connectivity index (χ4v) is 5.32. The summed E-state index contributed by atoms with van der Waals surface area (Å²) in [6, 6.07) is 10.5. The van der Waals surface area contributed by atoms with Crippen molar-refractivity contribution in [3.8, 4) is 0 Å². The quantitative estimate of drug-likeness (QED) is 0.874. The van der Waals surface area contributed by atoms with Crippen molar-refractivity contribution < 1.29 is 0 Å². The molecule has 3 fully saturated rings. The second kappa shape index (κ2) is 7.67. The standard InChI is InChI=1S/C22H35N3/c1-18-3-2-4-21(17-18)25-15-7-20(8-16-25)24-19-5-9-22(10-6-19)11-13-23-14-12-22/h2-4,17,19-20,23-24H,5-16H2,1H3. The highest BCUT2D eigenvalue weighted by Gasteiger charge is 2.36. The molecule has 3 aliphatic rings. The van der Waals surface area contributed by atoms with Crippen LogP contribution in [0.2, 0.25) is 0 Å². The topological polar surface area (TPSA) is 27.3 Å². The molecule has 25 heavy (non-hydrogen) atoms. The van der Waals surface area contributed by atoms with Gasteiger partial charge >= 0.3 is 0 Å². The lowest BCUT2D eigenvalue weighted by Crippen LogP contribution is -2.49. The minimum atomic E-state index is 0.692. The molecule has 1 saturated carbocycles. The molecule has 1 aromatic rings. The SMILES string of the molecule is Cc1cccc(N2CCC(NC3CCC4(CCNCC4)CC3)CC2)c1. The Hall–Kier alpha value is -1.06. The number of aryl methyl sites for hydroxylation is 1. The van der Waals surface area contributed by atoms with Crippen LogP contribution in [0.25, 0.3) is 0 Å². The van der Waals surface area contributed by atoms with Crippen LogP contribution in [0.1, 0.15) is 56.9 Å². The van der Waals surface area contributed by atoms with E-state index >= 15 is 0 Å². The molecule has 0 atom stereocenters. The van der Waals surface area contributed by atoms with Gasteiger partial charge in [0.1, 0.15) is 0 Å². The number of anilines is 1. The maximum absolute atomic E-state index is 4.02. The lowest BCUT2D eigenvalue weighted by Gasteiger charge is -2.44. The Labute approximate surface area is 153 Å². The average Bonchev–Trinajstić information content (AvgIpc) is 2.65. The fourth-order valence-electron chi connectivity index (χ4n) is 5.32. The van der Waals surface area contributed by atoms with Crippen molar-refractivity contribution >= 4 is 5.69 Å². The smallest absolute Gasteiger partial charge is 0.0368 e. The lowest BCUT2D eigenvalue weighted by atomic mass is 9.67. The number of benzene rings is 1. The van der Waals surface area contributed by atoms with Crippen LogP contribution in [0.5, 0.6) is 0 Å². The van der Waals surface area contributed by atoms with Crippen LogP contribution in [0.3, 0.4) is 0 Å². The van der Waals surface area contributed by atoms with E-state index in [2.05, 4.69) is 46.7 Å². The van der Waals surface area contributed by atoms with Gasteiger partial charge in [0.2, 0.25) is 0 Å². The average molecular weight is 342 g/mol. The summed E-state index contributed by atoms with van der Waals surface area (Å²) in [7, 11) is 0. The summed E-state index contributed by atoms with van der Waals surface area (Å²) in [5, 5.41) is 7.55. The van der Waals surface area contributed by atoms with Crippen LogP contribution >= 0.6 is 0 Å². The third-order valence-electron chi connectivity index (χ3n) is 7.04. The Bertz CT molecular complexity index is 546. The highest BCUT2D eigenvalue weighted by Crippen LogP contribution is 2.43. The van der Waals surface area contributed by atoms with Crippen LogP contribution in [0.15, 0.2) is 24.3 Å². The van der Waals surface area contributed by atoms with Crippen LogP contribution < -0.4 is 15.5 Å². The molecule has 2 heterocycles. The predicted octanol–water partition coefficient (Wildman–Crippen LogP) is 3.87. The highest BCUT2D eigenvalue weighted by molar-refractivity contribution is 5.48. The largest absolute Gasteiger partial charge is 0.371 e. The Morgan fingerprint density at radius 3 is 2.32 bits per heavy atom. The third kappa shape index (κ3) is 4.20. The van der Waals surface area contributed by atoms with E-state index < -0.39 is 0 Å². The van der Waals surface area contributed by atoms with Crippen molar-refractivity contribution in [3.63, 3.8) is 0 Å². The van der Waals surface area contributed by atoms with Gasteiger partial charge in [0.25, 0.3) is 0 Å². The van der Waals surface area contributed by atoms with Gasteiger partial charge in [-0.05, 0) is 94.5 Å². The van der Waals surface area contributed by atoms with Crippen LogP contribution in [0.4, 0.5) is 5.69 Å². The molecule has 138 valence electrons. The van der Waals surface area contributed by atoms with Crippen molar-refractivity contribution in [3.05, 3.63) is 29.8 Å². The van der Waals surface area contributed by atoms with E-state index in [9.17, 15) is 0 Å². The van der Waals surface area contributed by atoms with Crippen LogP contribution in [-0.4, -0.2) is 38.3 Å². The van der Waals surface area contributed by atoms with Crippen molar-refractivity contribution in [1.29, 1.82) is 0 Å². The first-order valence-corrected chi connectivity index (χ1v) is 10.5. The van der Waals surface area contributed by atoms with E-state index in [0.717, 1.165) is 12.1 Å². The van der Waals surface area contributed by atoms with Crippen molar-refractivity contribution in [2.45, 2.75) is 70.4 Å². The summed E-state index contributed by atoms with van der Waals surface area (Å²) >= 11 is 0. The van der Waals surface area contributed by atoms with Crippen LogP contribution in [0, 0.1) is 12.3 Å². The normalized spacial score (nSPS) is 25.4. The van der Waals surface area contributed by atoms with Gasteiger partial charge in [0, 0.05) is 30.9 Å². The number of hydrogen-bond acceptors (Lipinski definition) is 3. The molecule has 0 radical (unpaired) electrons. The molecule has 3 nitrogen and oxygen atoms in total. The van der Waals surface area contributed by atoms with E-state index in [1.165, 1.54) is 88.8 Å². The maximum atomic E-state index is 4.02. The molecule has 2 aliphatic heterocycles. The summed E-state index contributed by atoms with van der Waals surface area (Å²) in [5.41, 5.74) is 3.47. The van der Waals surface area contributed by atoms with Crippen molar-refractivity contribution in [1.82, 2.24) is 10.6 Å². The monoisotopic (exact) mass is 341 g/mol. The van der Waals surface area contributed by atoms with E-state index in [-0.39, 0.29) is 0 Å². The molecule has 3 heteroatoms. The molecule has 1 spiro atoms. The van der Waals surface area contributed by atoms with Gasteiger partial charge in [-0.25, -0.2) is 0 Å². The zero-order valence-corrected chi connectivity index (χ0v) is 15.9. The van der Waals surface area contributed by atoms with Gasteiger partial charge in [-0.1, -0.05) is 12.1 Å². The van der Waals surface area contributed by atoms with Gasteiger partial charge < -0.3 is 15.5 Å². The number of hydrogen-bond donors (Lipinski definition) is 2. The Morgan fingerprint density at radius 2 is 1.64 bits per heavy atom. The third-order valence-corrected chi connectivity index (χ3v) is 7.04. The summed E-state index contributed by atoms with van der Waals surface area (Å²) in [6.45, 7) is 7.08. The molecule has 0 bridgehead atoms. The second-order valence-corrected chi connectivity index (χ2v) is 8.79. The second-order valence-electron chi connectivity index (χ2n) is 8.79. The summed E-state index contributed by atoms with van der Waals surface area (Å²) < 4.78 is 0. The first kappa shape index (κ1) is 17.4. The minimum absolute atomic E-state index is 0.692. The summed E-state index contributed by atoms with van der Waals surface area (Å²) in [6.07, 6.45) is 11.1. The molecular weight excluding hydrogens is 306 g/mol. The highest BCUT2D eigenvalue weighted by atomic mass is 15.1. The van der Waals surface area contributed by atoms with E-state index in [1.54, 1.807) is 0 Å². The van der Waals surface area contributed by atoms with Crippen LogP contribution in [-0.2, 0) is 0 Å². The number of nitrogens with one attached hydrogen (secondary N) is 2. The molecule has 4 rings (SSSR count). The number of rotatable bonds is 3. The number of nitrogens with zero attached hydrogens (tertiary/aromatic N) is 1. The Balaban J connectivity index is 1.23. The zero-order chi connectivity index (χ0) is 17.1. The van der Waals surface area contributed by atoms with Gasteiger partial charge in [0.15, 0.2) is 0 Å². The predicted molar refractivity (Wildman–Crippen MR) is 106 cm³/mol. The van der Waals surface area contributed by atoms with Gasteiger partial charge in [-0.15, -0.1) is 0 Å². The molecule has 0 unspecified atom stereocenters. The Kier molecular flexibility index (Phi) is 5.33. The fraction of sp³-hybridized carbons (Fsp3) is 0.727. The first-order chi connectivity index (χ1) is 12.2. The first-order valence-electron chi connectivity index (χ1n) is 10.5. The Morgan fingerprint density at radius 1 is 0.960 bits per heavy atom. The van der Waals surface area contributed by atoms with Crippen molar-refractivity contribution in [2.75, 3.05) is 31.1 Å². The molecule has 1 aliphatic carbocycles. The van der Waals surface area contributed by atoms with Crippen molar-refractivity contribution in [2.24, 2.45) is 5.41 Å². The molecule has 2 saturated heterocycles. The van der Waals surface area contributed by atoms with E-state index in [1.807, 2.05) is 0 Å². The maximum Gasteiger partial charge on any atom is 0.0368 e. The minimum Gasteiger partial charge on any atom is -0.371 e. The zero-order valence-electron chi connectivity index (χ0n) is 15.9. The van der Waals surface area contributed by atoms with Gasteiger partial charge in [-0.3, -0.25) is 0 Å².